The highest BCUT2D eigenvalue weighted by Crippen LogP contribution is 2.44. The fraction of sp³-hybridized carbons (Fsp3) is 0.652. The van der Waals surface area contributed by atoms with Crippen LogP contribution in [0.2, 0.25) is 0 Å². The van der Waals surface area contributed by atoms with E-state index >= 15 is 0 Å². The Labute approximate surface area is 169 Å². The molecule has 0 saturated carbocycles. The van der Waals surface area contributed by atoms with Crippen LogP contribution in [0.3, 0.4) is 0 Å². The van der Waals surface area contributed by atoms with Gasteiger partial charge >= 0.3 is 0 Å². The molecule has 1 saturated heterocycles. The van der Waals surface area contributed by atoms with Gasteiger partial charge in [-0.2, -0.15) is 0 Å². The molecule has 5 heteroatoms. The fourth-order valence-corrected chi connectivity index (χ4v) is 3.99. The third kappa shape index (κ3) is 5.65. The minimum absolute atomic E-state index is 0.0413. The summed E-state index contributed by atoms with van der Waals surface area (Å²) in [7, 11) is 4.98. The molecule has 1 aliphatic heterocycles. The van der Waals surface area contributed by atoms with Crippen LogP contribution in [0.25, 0.3) is 0 Å². The second-order valence-corrected chi connectivity index (χ2v) is 8.25. The van der Waals surface area contributed by atoms with Crippen molar-refractivity contribution in [1.82, 2.24) is 0 Å². The first-order chi connectivity index (χ1) is 13.2. The molecule has 5 nitrogen and oxygen atoms in total. The summed E-state index contributed by atoms with van der Waals surface area (Å²) in [4.78, 5) is 0. The van der Waals surface area contributed by atoms with Crippen molar-refractivity contribution in [2.45, 2.75) is 64.3 Å². The van der Waals surface area contributed by atoms with Crippen molar-refractivity contribution in [3.05, 3.63) is 47.6 Å². The standard InChI is InChI=1S/C23H36O5/c1-15-10-11-18-19(9-8-12-23(3,4)27-7)21(25-5)28-22(26-6)20(18)16(2)14-17(24)13-15/h8-9,12-13,17-18,20-22,24H,2,10-11,14H2,1,3-7H3/b12-8+,15-13-,19-9-/t17-,18+,20-,21-,22-/m0/s1. The summed E-state index contributed by atoms with van der Waals surface area (Å²) in [5, 5.41) is 10.4. The number of fused-ring (bicyclic) bond motifs is 1. The van der Waals surface area contributed by atoms with Gasteiger partial charge in [-0.25, -0.2) is 0 Å². The molecule has 0 aromatic carbocycles. The Hall–Kier alpha value is -1.24. The number of aliphatic hydroxyl groups excluding tert-OH is 1. The lowest BCUT2D eigenvalue weighted by Crippen LogP contribution is -2.45. The Morgan fingerprint density at radius 1 is 1.25 bits per heavy atom. The fourth-order valence-electron chi connectivity index (χ4n) is 3.99. The monoisotopic (exact) mass is 392 g/mol. The van der Waals surface area contributed by atoms with Crippen LogP contribution in [-0.4, -0.2) is 50.7 Å². The number of allylic oxidation sites excluding steroid dienone is 3. The average Bonchev–Trinajstić information content (AvgIpc) is 2.70. The van der Waals surface area contributed by atoms with E-state index in [4.69, 9.17) is 18.9 Å². The van der Waals surface area contributed by atoms with Crippen LogP contribution in [0.15, 0.2) is 47.6 Å². The number of aliphatic hydroxyl groups is 1. The van der Waals surface area contributed by atoms with Gasteiger partial charge in [-0.15, -0.1) is 0 Å². The molecule has 5 atom stereocenters. The van der Waals surface area contributed by atoms with E-state index in [0.29, 0.717) is 6.42 Å². The number of ether oxygens (including phenoxy) is 4. The van der Waals surface area contributed by atoms with Gasteiger partial charge in [0, 0.05) is 27.2 Å². The highest BCUT2D eigenvalue weighted by Gasteiger charge is 2.43. The normalized spacial score (nSPS) is 35.8. The zero-order valence-electron chi connectivity index (χ0n) is 18.1. The molecule has 0 unspecified atom stereocenters. The van der Waals surface area contributed by atoms with Gasteiger partial charge in [0.15, 0.2) is 12.6 Å². The van der Waals surface area contributed by atoms with Gasteiger partial charge in [-0.1, -0.05) is 42.0 Å². The smallest absolute Gasteiger partial charge is 0.183 e. The number of methoxy groups -OCH3 is 3. The molecule has 2 rings (SSSR count). The van der Waals surface area contributed by atoms with Crippen molar-refractivity contribution in [2.24, 2.45) is 11.8 Å². The first-order valence-electron chi connectivity index (χ1n) is 9.91. The van der Waals surface area contributed by atoms with Crippen LogP contribution in [0.5, 0.6) is 0 Å². The third-order valence-electron chi connectivity index (χ3n) is 5.71. The summed E-state index contributed by atoms with van der Waals surface area (Å²) in [5.74, 6) is 0.112. The highest BCUT2D eigenvalue weighted by atomic mass is 16.8. The summed E-state index contributed by atoms with van der Waals surface area (Å²) in [5.41, 5.74) is 2.84. The summed E-state index contributed by atoms with van der Waals surface area (Å²) >= 11 is 0. The zero-order chi connectivity index (χ0) is 20.9. The Morgan fingerprint density at radius 2 is 1.96 bits per heavy atom. The molecule has 0 bridgehead atoms. The maximum atomic E-state index is 10.4. The van der Waals surface area contributed by atoms with Crippen LogP contribution in [-0.2, 0) is 18.9 Å². The van der Waals surface area contributed by atoms with Crippen LogP contribution in [0.4, 0.5) is 0 Å². The van der Waals surface area contributed by atoms with Crippen molar-refractivity contribution in [2.75, 3.05) is 21.3 Å². The van der Waals surface area contributed by atoms with Crippen LogP contribution < -0.4 is 0 Å². The lowest BCUT2D eigenvalue weighted by molar-refractivity contribution is -0.256. The van der Waals surface area contributed by atoms with Gasteiger partial charge < -0.3 is 24.1 Å². The van der Waals surface area contributed by atoms with Gasteiger partial charge in [0.25, 0.3) is 0 Å². The minimum atomic E-state index is -0.529. The lowest BCUT2D eigenvalue weighted by atomic mass is 9.75. The topological polar surface area (TPSA) is 57.2 Å². The molecule has 28 heavy (non-hydrogen) atoms. The highest BCUT2D eigenvalue weighted by molar-refractivity contribution is 5.27. The van der Waals surface area contributed by atoms with Gasteiger partial charge in [0.05, 0.1) is 11.7 Å². The predicted octanol–water partition coefficient (Wildman–Crippen LogP) is 4.15. The third-order valence-corrected chi connectivity index (χ3v) is 5.71. The van der Waals surface area contributed by atoms with E-state index < -0.39 is 18.7 Å². The number of rotatable bonds is 5. The van der Waals surface area contributed by atoms with Gasteiger partial charge in [-0.05, 0) is 51.5 Å². The predicted molar refractivity (Wildman–Crippen MR) is 111 cm³/mol. The molecule has 0 aromatic rings. The van der Waals surface area contributed by atoms with E-state index in [1.54, 1.807) is 21.3 Å². The van der Waals surface area contributed by atoms with Crippen molar-refractivity contribution in [1.29, 1.82) is 0 Å². The quantitative estimate of drug-likeness (QED) is 0.713. The van der Waals surface area contributed by atoms with Crippen molar-refractivity contribution < 1.29 is 24.1 Å². The maximum absolute atomic E-state index is 10.4. The van der Waals surface area contributed by atoms with Gasteiger partial charge in [0.1, 0.15) is 0 Å². The SMILES string of the molecule is C=C1C[C@@H](O)/C=C(/C)CC[C@@H]2/C(=C/C=C/C(C)(C)OC)[C@@H](OC)O[C@H](OC)[C@@H]12. The molecule has 0 spiro atoms. The van der Waals surface area contributed by atoms with Crippen molar-refractivity contribution in [3.8, 4) is 0 Å². The maximum Gasteiger partial charge on any atom is 0.183 e. The van der Waals surface area contributed by atoms with E-state index in [1.807, 2.05) is 32.1 Å². The van der Waals surface area contributed by atoms with E-state index in [2.05, 4.69) is 19.6 Å². The molecule has 0 amide bonds. The molecule has 1 fully saturated rings. The van der Waals surface area contributed by atoms with Crippen LogP contribution in [0.1, 0.15) is 40.0 Å². The Morgan fingerprint density at radius 3 is 2.57 bits per heavy atom. The molecule has 2 aliphatic rings. The summed E-state index contributed by atoms with van der Waals surface area (Å²) < 4.78 is 22.9. The second kappa shape index (κ2) is 9.99. The van der Waals surface area contributed by atoms with Crippen molar-refractivity contribution >= 4 is 0 Å². The van der Waals surface area contributed by atoms with Crippen molar-refractivity contribution in [3.63, 3.8) is 0 Å². The first kappa shape index (κ1) is 23.0. The Balaban J connectivity index is 2.44. The summed E-state index contributed by atoms with van der Waals surface area (Å²) in [6, 6.07) is 0. The number of hydrogen-bond donors (Lipinski definition) is 1. The second-order valence-electron chi connectivity index (χ2n) is 8.25. The lowest BCUT2D eigenvalue weighted by Gasteiger charge is -2.43. The number of hydrogen-bond acceptors (Lipinski definition) is 5. The first-order valence-corrected chi connectivity index (χ1v) is 9.91. The van der Waals surface area contributed by atoms with Crippen LogP contribution >= 0.6 is 0 Å². The molecular formula is C23H36O5. The van der Waals surface area contributed by atoms with E-state index in [0.717, 1.165) is 24.0 Å². The minimum Gasteiger partial charge on any atom is -0.389 e. The largest absolute Gasteiger partial charge is 0.389 e. The molecule has 158 valence electrons. The van der Waals surface area contributed by atoms with Gasteiger partial charge in [0.2, 0.25) is 0 Å². The Bertz CT molecular complexity index is 631. The van der Waals surface area contributed by atoms with E-state index in [9.17, 15) is 5.11 Å². The molecule has 1 aliphatic carbocycles. The molecule has 0 radical (unpaired) electrons. The molecular weight excluding hydrogens is 356 g/mol. The Kier molecular flexibility index (Phi) is 8.22. The summed E-state index contributed by atoms with van der Waals surface area (Å²) in [6.45, 7) is 10.4. The summed E-state index contributed by atoms with van der Waals surface area (Å²) in [6.07, 6.45) is 8.86. The molecule has 1 heterocycles. The zero-order valence-corrected chi connectivity index (χ0v) is 18.1. The van der Waals surface area contributed by atoms with Crippen LogP contribution in [0, 0.1) is 11.8 Å². The average molecular weight is 393 g/mol. The van der Waals surface area contributed by atoms with E-state index in [1.165, 1.54) is 5.57 Å². The molecule has 1 N–H and O–H groups in total. The molecule has 0 aromatic heterocycles. The van der Waals surface area contributed by atoms with Gasteiger partial charge in [-0.3, -0.25) is 0 Å². The van der Waals surface area contributed by atoms with E-state index in [-0.39, 0.29) is 17.4 Å².